The highest BCUT2D eigenvalue weighted by atomic mass is 19.1. The number of benzene rings is 1. The van der Waals surface area contributed by atoms with Crippen LogP contribution in [0.5, 0.6) is 0 Å². The Bertz CT molecular complexity index is 839. The average molecular weight is 340 g/mol. The third-order valence-corrected chi connectivity index (χ3v) is 4.69. The number of hydrogen-bond acceptors (Lipinski definition) is 4. The van der Waals surface area contributed by atoms with E-state index >= 15 is 0 Å². The Kier molecular flexibility index (Phi) is 4.36. The molecule has 4 rings (SSSR count). The van der Waals surface area contributed by atoms with Gasteiger partial charge in [-0.05, 0) is 42.8 Å². The number of aryl methyl sites for hydroxylation is 2. The van der Waals surface area contributed by atoms with Gasteiger partial charge < -0.3 is 14.3 Å². The highest BCUT2D eigenvalue weighted by Gasteiger charge is 2.22. The third-order valence-electron chi connectivity index (χ3n) is 4.69. The molecule has 1 aliphatic heterocycles. The molecule has 5 nitrogen and oxygen atoms in total. The molecule has 6 heteroatoms. The smallest absolute Gasteiger partial charge is 0.134 e. The molecule has 0 saturated heterocycles. The molecule has 1 N–H and O–H groups in total. The number of hydrogen-bond donors (Lipinski definition) is 1. The number of rotatable bonds is 5. The lowest BCUT2D eigenvalue weighted by molar-refractivity contribution is 0.358. The van der Waals surface area contributed by atoms with Crippen LogP contribution in [0, 0.1) is 5.82 Å². The van der Waals surface area contributed by atoms with Gasteiger partial charge in [0, 0.05) is 31.0 Å². The minimum Gasteiger partial charge on any atom is -0.460 e. The van der Waals surface area contributed by atoms with Gasteiger partial charge in [-0.1, -0.05) is 6.92 Å². The number of furan rings is 1. The molecule has 0 spiro atoms. The van der Waals surface area contributed by atoms with Gasteiger partial charge in [-0.3, -0.25) is 0 Å². The van der Waals surface area contributed by atoms with E-state index in [1.165, 1.54) is 12.1 Å². The zero-order chi connectivity index (χ0) is 17.2. The lowest BCUT2D eigenvalue weighted by Crippen LogP contribution is -2.37. The van der Waals surface area contributed by atoms with Crippen LogP contribution in [0.4, 0.5) is 4.39 Å². The van der Waals surface area contributed by atoms with Crippen molar-refractivity contribution in [2.45, 2.75) is 45.3 Å². The van der Waals surface area contributed by atoms with Crippen molar-refractivity contribution in [3.8, 4) is 11.3 Å². The number of nitrogens with one attached hydrogen (secondary N) is 1. The second-order valence-electron chi connectivity index (χ2n) is 6.39. The molecule has 0 aliphatic carbocycles. The molecule has 3 heterocycles. The molecule has 0 unspecified atom stereocenters. The first-order valence-corrected chi connectivity index (χ1v) is 8.72. The van der Waals surface area contributed by atoms with Gasteiger partial charge in [-0.25, -0.2) is 4.39 Å². The molecular formula is C19H21FN4O. The topological polar surface area (TPSA) is 55.9 Å². The summed E-state index contributed by atoms with van der Waals surface area (Å²) in [7, 11) is 0. The minimum absolute atomic E-state index is 0.241. The Hall–Kier alpha value is -2.47. The fourth-order valence-corrected chi connectivity index (χ4v) is 3.30. The van der Waals surface area contributed by atoms with Crippen molar-refractivity contribution in [1.29, 1.82) is 0 Å². The SMILES string of the molecule is CCc1nnc2n1C[C@@H](NCc1ccc(-c3ccc(F)cc3)o1)CC2. The number of nitrogens with zero attached hydrogens (tertiary/aromatic N) is 3. The van der Waals surface area contributed by atoms with Crippen LogP contribution in [0.25, 0.3) is 11.3 Å². The van der Waals surface area contributed by atoms with E-state index in [0.29, 0.717) is 12.6 Å². The summed E-state index contributed by atoms with van der Waals surface area (Å²) >= 11 is 0. The van der Waals surface area contributed by atoms with Gasteiger partial charge in [-0.2, -0.15) is 0 Å². The second-order valence-corrected chi connectivity index (χ2v) is 6.39. The van der Waals surface area contributed by atoms with Crippen molar-refractivity contribution in [3.05, 3.63) is 59.6 Å². The van der Waals surface area contributed by atoms with Crippen molar-refractivity contribution < 1.29 is 8.81 Å². The van der Waals surface area contributed by atoms with Crippen LogP contribution >= 0.6 is 0 Å². The summed E-state index contributed by atoms with van der Waals surface area (Å²) < 4.78 is 21.1. The van der Waals surface area contributed by atoms with Crippen molar-refractivity contribution in [3.63, 3.8) is 0 Å². The van der Waals surface area contributed by atoms with E-state index < -0.39 is 0 Å². The zero-order valence-electron chi connectivity index (χ0n) is 14.2. The normalized spacial score (nSPS) is 16.8. The van der Waals surface area contributed by atoms with E-state index in [9.17, 15) is 4.39 Å². The Balaban J connectivity index is 1.38. The fourth-order valence-electron chi connectivity index (χ4n) is 3.30. The van der Waals surface area contributed by atoms with Crippen LogP contribution in [0.1, 0.15) is 30.8 Å². The minimum atomic E-state index is -0.241. The molecule has 0 fully saturated rings. The molecule has 2 aromatic heterocycles. The molecule has 0 saturated carbocycles. The highest BCUT2D eigenvalue weighted by Crippen LogP contribution is 2.23. The zero-order valence-corrected chi connectivity index (χ0v) is 14.2. The molecule has 0 bridgehead atoms. The van der Waals surface area contributed by atoms with Crippen LogP contribution in [0.3, 0.4) is 0 Å². The maximum Gasteiger partial charge on any atom is 0.134 e. The maximum absolute atomic E-state index is 13.0. The van der Waals surface area contributed by atoms with Crippen LogP contribution in [0.15, 0.2) is 40.8 Å². The van der Waals surface area contributed by atoms with Crippen LogP contribution in [0.2, 0.25) is 0 Å². The van der Waals surface area contributed by atoms with Gasteiger partial charge in [0.05, 0.1) is 6.54 Å². The molecule has 0 radical (unpaired) electrons. The summed E-state index contributed by atoms with van der Waals surface area (Å²) in [6.07, 6.45) is 2.90. The molecule has 1 atom stereocenters. The van der Waals surface area contributed by atoms with E-state index in [1.807, 2.05) is 12.1 Å². The predicted molar refractivity (Wildman–Crippen MR) is 92.5 cm³/mol. The first-order chi connectivity index (χ1) is 12.2. The first kappa shape index (κ1) is 16.0. The second kappa shape index (κ2) is 6.80. The Morgan fingerprint density at radius 1 is 1.20 bits per heavy atom. The number of fused-ring (bicyclic) bond motifs is 1. The Morgan fingerprint density at radius 3 is 2.84 bits per heavy atom. The molecule has 3 aromatic rings. The van der Waals surface area contributed by atoms with Crippen molar-refractivity contribution >= 4 is 0 Å². The Labute approximate surface area is 145 Å². The number of halogens is 1. The fraction of sp³-hybridized carbons (Fsp3) is 0.368. The summed E-state index contributed by atoms with van der Waals surface area (Å²) in [6.45, 7) is 3.68. The molecule has 130 valence electrons. The van der Waals surface area contributed by atoms with Gasteiger partial charge in [0.15, 0.2) is 0 Å². The van der Waals surface area contributed by atoms with Gasteiger partial charge in [-0.15, -0.1) is 10.2 Å². The lowest BCUT2D eigenvalue weighted by Gasteiger charge is -2.25. The molecule has 0 amide bonds. The lowest BCUT2D eigenvalue weighted by atomic mass is 10.1. The van der Waals surface area contributed by atoms with E-state index in [4.69, 9.17) is 4.42 Å². The van der Waals surface area contributed by atoms with E-state index in [1.54, 1.807) is 12.1 Å². The third kappa shape index (κ3) is 3.35. The summed E-state index contributed by atoms with van der Waals surface area (Å²) in [5.74, 6) is 3.54. The predicted octanol–water partition coefficient (Wildman–Crippen LogP) is 3.34. The van der Waals surface area contributed by atoms with Gasteiger partial charge in [0.25, 0.3) is 0 Å². The van der Waals surface area contributed by atoms with Crippen molar-refractivity contribution in [1.82, 2.24) is 20.1 Å². The monoisotopic (exact) mass is 340 g/mol. The van der Waals surface area contributed by atoms with Crippen molar-refractivity contribution in [2.75, 3.05) is 0 Å². The molecule has 25 heavy (non-hydrogen) atoms. The van der Waals surface area contributed by atoms with Gasteiger partial charge in [0.1, 0.15) is 29.0 Å². The standard InChI is InChI=1S/C19H21FN4O/c1-2-18-22-23-19-10-7-15(12-24(18)19)21-11-16-8-9-17(25-16)13-3-5-14(20)6-4-13/h3-6,8-9,15,21H,2,7,10-12H2,1H3/t15-/m0/s1. The quantitative estimate of drug-likeness (QED) is 0.774. The summed E-state index contributed by atoms with van der Waals surface area (Å²) in [4.78, 5) is 0. The van der Waals surface area contributed by atoms with Crippen LogP contribution in [-0.4, -0.2) is 20.8 Å². The first-order valence-electron chi connectivity index (χ1n) is 8.72. The average Bonchev–Trinajstić information content (AvgIpc) is 3.27. The highest BCUT2D eigenvalue weighted by molar-refractivity contribution is 5.57. The molecular weight excluding hydrogens is 319 g/mol. The van der Waals surface area contributed by atoms with E-state index in [0.717, 1.165) is 54.5 Å². The summed E-state index contributed by atoms with van der Waals surface area (Å²) in [6, 6.07) is 10.6. The largest absolute Gasteiger partial charge is 0.460 e. The van der Waals surface area contributed by atoms with Gasteiger partial charge >= 0.3 is 0 Å². The van der Waals surface area contributed by atoms with Crippen LogP contribution in [-0.2, 0) is 25.9 Å². The van der Waals surface area contributed by atoms with E-state index in [-0.39, 0.29) is 5.82 Å². The summed E-state index contributed by atoms with van der Waals surface area (Å²) in [5.41, 5.74) is 0.882. The molecule has 1 aromatic carbocycles. The Morgan fingerprint density at radius 2 is 2.04 bits per heavy atom. The number of aromatic nitrogens is 3. The van der Waals surface area contributed by atoms with Gasteiger partial charge in [0.2, 0.25) is 0 Å². The van der Waals surface area contributed by atoms with Crippen molar-refractivity contribution in [2.24, 2.45) is 0 Å². The molecule has 1 aliphatic rings. The van der Waals surface area contributed by atoms with E-state index in [2.05, 4.69) is 27.0 Å². The summed E-state index contributed by atoms with van der Waals surface area (Å²) in [5, 5.41) is 12.1. The van der Waals surface area contributed by atoms with Crippen LogP contribution < -0.4 is 5.32 Å². The maximum atomic E-state index is 13.0.